The summed E-state index contributed by atoms with van der Waals surface area (Å²) in [5.41, 5.74) is 0.294. The van der Waals surface area contributed by atoms with Gasteiger partial charge in [0, 0.05) is 59.0 Å². The summed E-state index contributed by atoms with van der Waals surface area (Å²) in [4.78, 5) is 24.7. The molecule has 1 aliphatic carbocycles. The van der Waals surface area contributed by atoms with E-state index in [1.165, 1.54) is 32.7 Å². The van der Waals surface area contributed by atoms with Crippen LogP contribution in [-0.2, 0) is 42.4 Å². The molecule has 21 heteroatoms. The average Bonchev–Trinajstić information content (AvgIpc) is 3.79. The van der Waals surface area contributed by atoms with Crippen LogP contribution in [0.15, 0.2) is 95.0 Å². The van der Waals surface area contributed by atoms with Crippen molar-refractivity contribution in [3.8, 4) is 0 Å². The van der Waals surface area contributed by atoms with Gasteiger partial charge in [-0.2, -0.15) is 0 Å². The highest BCUT2D eigenvalue weighted by Gasteiger charge is 2.43. The summed E-state index contributed by atoms with van der Waals surface area (Å²) in [5, 5.41) is 8.04. The predicted octanol–water partition coefficient (Wildman–Crippen LogP) is 3.00. The first kappa shape index (κ1) is 37.8. The van der Waals surface area contributed by atoms with Gasteiger partial charge < -0.3 is 14.8 Å². The van der Waals surface area contributed by atoms with Crippen molar-refractivity contribution < 1.29 is 43.9 Å². The molecule has 2 aromatic carbocycles. The third-order valence-corrected chi connectivity index (χ3v) is 12.1. The molecule has 3 aromatic rings. The number of fused-ring (bicyclic) bond motifs is 5. The Morgan fingerprint density at radius 1 is 0.860 bits per heavy atom. The normalized spacial score (nSPS) is 21.9. The maximum Gasteiger partial charge on any atom is 0.261 e. The third-order valence-electron chi connectivity index (χ3n) is 9.88. The number of nitrogens with zero attached hydrogens (tertiary/aromatic N) is 6. The van der Waals surface area contributed by atoms with Gasteiger partial charge in [0.15, 0.2) is 6.17 Å². The Kier molecular flexibility index (Phi) is 9.00. The largest absolute Gasteiger partial charge is 0.481 e. The van der Waals surface area contributed by atoms with Crippen LogP contribution in [0.4, 0.5) is 17.6 Å². The average molecular weight is 824 g/mol. The molecule has 3 unspecified atom stereocenters. The van der Waals surface area contributed by atoms with E-state index in [1.807, 2.05) is 0 Å². The molecule has 0 bridgehead atoms. The van der Waals surface area contributed by atoms with Crippen LogP contribution in [0.5, 0.6) is 0 Å². The summed E-state index contributed by atoms with van der Waals surface area (Å²) in [6.07, 6.45) is 7.08. The topological polar surface area (TPSA) is 212 Å². The van der Waals surface area contributed by atoms with Gasteiger partial charge in [-0.3, -0.25) is 14.7 Å². The number of hydrogen-bond acceptors (Lipinski definition) is 13. The van der Waals surface area contributed by atoms with Crippen LogP contribution in [0.1, 0.15) is 35.0 Å². The van der Waals surface area contributed by atoms with Crippen molar-refractivity contribution in [3.05, 3.63) is 117 Å². The van der Waals surface area contributed by atoms with Gasteiger partial charge >= 0.3 is 0 Å². The summed E-state index contributed by atoms with van der Waals surface area (Å²) in [6.45, 7) is 1.69. The fraction of sp³-hybridized carbons (Fsp3) is 0.222. The minimum absolute atomic E-state index is 0.0559. The summed E-state index contributed by atoms with van der Waals surface area (Å²) >= 11 is 0. The van der Waals surface area contributed by atoms with Crippen molar-refractivity contribution >= 4 is 56.0 Å². The van der Waals surface area contributed by atoms with Gasteiger partial charge in [-0.25, -0.2) is 59.5 Å². The molecule has 4 N–H and O–H groups in total. The maximum atomic E-state index is 16.0. The van der Waals surface area contributed by atoms with Crippen molar-refractivity contribution in [2.75, 3.05) is 14.2 Å². The number of nitrogens with two attached hydrogens (primary N) is 1. The van der Waals surface area contributed by atoms with Crippen LogP contribution in [0.3, 0.4) is 0 Å². The highest BCUT2D eigenvalue weighted by molar-refractivity contribution is 7.89. The Morgan fingerprint density at radius 2 is 1.49 bits per heavy atom. The first-order valence-electron chi connectivity index (χ1n) is 16.8. The Bertz CT molecular complexity index is 2750. The highest BCUT2D eigenvalue weighted by atomic mass is 32.2. The van der Waals surface area contributed by atoms with Crippen LogP contribution < -0.4 is 15.2 Å². The van der Waals surface area contributed by atoms with Crippen LogP contribution in [0.25, 0.3) is 11.6 Å². The van der Waals surface area contributed by atoms with E-state index in [9.17, 15) is 16.8 Å². The molecule has 0 fully saturated rings. The number of dihydropyridines is 1. The first-order chi connectivity index (χ1) is 27.0. The zero-order valence-electron chi connectivity index (χ0n) is 29.9. The van der Waals surface area contributed by atoms with E-state index in [4.69, 9.17) is 14.6 Å². The zero-order chi connectivity index (χ0) is 40.6. The molecule has 0 radical (unpaired) electrons. The molecule has 0 spiro atoms. The second kappa shape index (κ2) is 13.6. The van der Waals surface area contributed by atoms with Gasteiger partial charge in [0.1, 0.15) is 35.6 Å². The minimum Gasteiger partial charge on any atom is -0.481 e. The number of aromatic nitrogens is 2. The van der Waals surface area contributed by atoms with E-state index in [0.29, 0.717) is 47.0 Å². The number of sulfonamides is 2. The number of primary sulfonamides is 1. The van der Waals surface area contributed by atoms with Crippen molar-refractivity contribution in [1.82, 2.24) is 20.0 Å². The predicted molar refractivity (Wildman–Crippen MR) is 199 cm³/mol. The van der Waals surface area contributed by atoms with Crippen molar-refractivity contribution in [2.24, 2.45) is 25.1 Å². The van der Waals surface area contributed by atoms with E-state index in [0.717, 1.165) is 6.33 Å². The number of hydrogen-bond donors (Lipinski definition) is 3. The van der Waals surface area contributed by atoms with E-state index in [-0.39, 0.29) is 40.5 Å². The zero-order valence-corrected chi connectivity index (χ0v) is 31.5. The summed E-state index contributed by atoms with van der Waals surface area (Å²) < 4.78 is 126. The molecule has 5 aliphatic rings. The van der Waals surface area contributed by atoms with E-state index >= 15 is 17.6 Å². The van der Waals surface area contributed by atoms with Gasteiger partial charge in [-0.1, -0.05) is 0 Å². The van der Waals surface area contributed by atoms with Gasteiger partial charge in [-0.05, 0) is 42.8 Å². The number of rotatable bonds is 8. The Morgan fingerprint density at radius 3 is 2.16 bits per heavy atom. The number of benzene rings is 2. The molecule has 0 saturated heterocycles. The Hall–Kier alpha value is -6.06. The lowest BCUT2D eigenvalue weighted by Gasteiger charge is -2.36. The summed E-state index contributed by atoms with van der Waals surface area (Å²) in [6, 6.07) is 1.47. The number of ether oxygens (including phenoxy) is 2. The van der Waals surface area contributed by atoms with Gasteiger partial charge in [0.05, 0.1) is 58.7 Å². The lowest BCUT2D eigenvalue weighted by Crippen LogP contribution is -2.41. The van der Waals surface area contributed by atoms with Crippen molar-refractivity contribution in [1.29, 1.82) is 0 Å². The van der Waals surface area contributed by atoms with E-state index in [2.05, 4.69) is 40.0 Å². The van der Waals surface area contributed by atoms with Crippen LogP contribution in [0, 0.1) is 23.3 Å². The Labute approximate surface area is 322 Å². The third kappa shape index (κ3) is 6.59. The Balaban J connectivity index is 1.11. The number of methoxy groups -OCH3 is 2. The first-order valence-corrected chi connectivity index (χ1v) is 19.8. The van der Waals surface area contributed by atoms with Gasteiger partial charge in [0.2, 0.25) is 21.8 Å². The number of allylic oxidation sites excluding steroid dienone is 1. The molecule has 8 rings (SSSR count). The molecular formula is C36H29F4N9O6S2. The summed E-state index contributed by atoms with van der Waals surface area (Å²) in [5.74, 6) is -4.28. The second-order valence-corrected chi connectivity index (χ2v) is 16.7. The molecule has 15 nitrogen and oxygen atoms in total. The lowest BCUT2D eigenvalue weighted by atomic mass is 9.78. The van der Waals surface area contributed by atoms with Crippen LogP contribution >= 0.6 is 0 Å². The van der Waals surface area contributed by atoms with Crippen molar-refractivity contribution in [3.63, 3.8) is 0 Å². The SMILES string of the molecule is COC1=NC2N=CC3=C(C2=C1)C(C)(Cc1c(F)cc(S(=O)(=O)NC2=Cc4ncnc(Cc5c(F)cc(S(N)(=O)=O)cc5F)c4C4=CC(OC)=NC24)cc1F)N=CN3. The molecular weight excluding hydrogens is 795 g/mol. The van der Waals surface area contributed by atoms with E-state index < -0.39 is 88.4 Å². The maximum absolute atomic E-state index is 16.0. The minimum atomic E-state index is -4.70. The molecule has 57 heavy (non-hydrogen) atoms. The fourth-order valence-corrected chi connectivity index (χ4v) is 8.88. The van der Waals surface area contributed by atoms with Gasteiger partial charge in [-0.15, -0.1) is 0 Å². The monoisotopic (exact) mass is 823 g/mol. The molecule has 294 valence electrons. The molecule has 0 amide bonds. The molecule has 3 atom stereocenters. The van der Waals surface area contributed by atoms with Crippen LogP contribution in [-0.4, -0.2) is 83.1 Å². The standard InChI is InChI=1S/C36H29F4N9O6S2/c1-36(33-20-10-31(55-3)48-35(20)42-13-29(33)45-15-46-36)12-21-24(39)6-17(7-25(21)40)57(52,53)49-28-11-27-32(19-9-30(54-2)47-34(19)28)26(43-14-44-27)8-18-22(37)4-16(5-23(18)38)56(41,50)51/h4-7,9-11,13-15,34-35,49H,8,12H2,1-3H3,(H,45,46)(H2,41,50,51). The smallest absolute Gasteiger partial charge is 0.261 e. The molecule has 1 aromatic heterocycles. The molecule has 0 saturated carbocycles. The quantitative estimate of drug-likeness (QED) is 0.285. The second-order valence-electron chi connectivity index (χ2n) is 13.5. The molecule has 4 aliphatic heterocycles. The van der Waals surface area contributed by atoms with Gasteiger partial charge in [0.25, 0.3) is 10.0 Å². The lowest BCUT2D eigenvalue weighted by molar-refractivity contribution is 0.405. The highest BCUT2D eigenvalue weighted by Crippen LogP contribution is 2.42. The number of halogens is 4. The number of aliphatic imine (C=N–C) groups is 4. The van der Waals surface area contributed by atoms with E-state index in [1.54, 1.807) is 19.2 Å². The number of nitrogens with one attached hydrogen (secondary N) is 2. The van der Waals surface area contributed by atoms with Crippen molar-refractivity contribution in [2.45, 2.75) is 47.3 Å². The van der Waals surface area contributed by atoms with Crippen LogP contribution in [0.2, 0.25) is 0 Å². The fourth-order valence-electron chi connectivity index (χ4n) is 7.23. The molecule has 5 heterocycles. The summed E-state index contributed by atoms with van der Waals surface area (Å²) in [7, 11) is -6.34.